The van der Waals surface area contributed by atoms with Gasteiger partial charge in [-0.25, -0.2) is 8.42 Å². The van der Waals surface area contributed by atoms with Crippen LogP contribution in [-0.4, -0.2) is 31.5 Å². The lowest BCUT2D eigenvalue weighted by atomic mass is 10.2. The van der Waals surface area contributed by atoms with Crippen molar-refractivity contribution in [3.63, 3.8) is 0 Å². The predicted octanol–water partition coefficient (Wildman–Crippen LogP) is 2.12. The van der Waals surface area contributed by atoms with E-state index < -0.39 is 9.84 Å². The molecule has 0 aliphatic heterocycles. The van der Waals surface area contributed by atoms with Gasteiger partial charge in [0.05, 0.1) is 10.5 Å². The van der Waals surface area contributed by atoms with Crippen molar-refractivity contribution in [3.05, 3.63) is 0 Å². The second-order valence-corrected chi connectivity index (χ2v) is 7.54. The van der Waals surface area contributed by atoms with E-state index >= 15 is 0 Å². The zero-order valence-corrected chi connectivity index (χ0v) is 11.5. The Morgan fingerprint density at radius 2 is 2.00 bits per heavy atom. The highest BCUT2D eigenvalue weighted by atomic mass is 32.2. The van der Waals surface area contributed by atoms with Gasteiger partial charge in [0.2, 0.25) is 0 Å². The summed E-state index contributed by atoms with van der Waals surface area (Å²) in [6.45, 7) is 6.92. The molecule has 0 saturated heterocycles. The monoisotopic (exact) mass is 247 g/mol. The molecule has 1 aliphatic carbocycles. The number of nitrogens with one attached hydrogen (secondary N) is 1. The number of hydrogen-bond donors (Lipinski definition) is 1. The zero-order valence-electron chi connectivity index (χ0n) is 10.7. The van der Waals surface area contributed by atoms with Crippen molar-refractivity contribution in [2.24, 2.45) is 0 Å². The van der Waals surface area contributed by atoms with Crippen molar-refractivity contribution in [2.75, 3.05) is 6.54 Å². The van der Waals surface area contributed by atoms with E-state index in [9.17, 15) is 8.42 Å². The summed E-state index contributed by atoms with van der Waals surface area (Å²) in [5.41, 5.74) is 0. The molecule has 96 valence electrons. The van der Waals surface area contributed by atoms with Crippen LogP contribution in [0.5, 0.6) is 0 Å². The molecule has 1 fully saturated rings. The first-order valence-corrected chi connectivity index (χ1v) is 8.09. The smallest absolute Gasteiger partial charge is 0.155 e. The van der Waals surface area contributed by atoms with Gasteiger partial charge in [-0.2, -0.15) is 0 Å². The summed E-state index contributed by atoms with van der Waals surface area (Å²) in [5.74, 6) is 0. The van der Waals surface area contributed by atoms with E-state index in [1.807, 2.05) is 13.8 Å². The van der Waals surface area contributed by atoms with E-state index in [0.29, 0.717) is 6.04 Å². The van der Waals surface area contributed by atoms with E-state index in [0.717, 1.165) is 38.6 Å². The Morgan fingerprint density at radius 3 is 2.56 bits per heavy atom. The summed E-state index contributed by atoms with van der Waals surface area (Å²) < 4.78 is 24.3. The van der Waals surface area contributed by atoms with Crippen molar-refractivity contribution < 1.29 is 8.42 Å². The van der Waals surface area contributed by atoms with Crippen LogP contribution in [0.1, 0.15) is 52.9 Å². The quantitative estimate of drug-likeness (QED) is 0.782. The lowest BCUT2D eigenvalue weighted by molar-refractivity contribution is 0.518. The molecule has 0 amide bonds. The summed E-state index contributed by atoms with van der Waals surface area (Å²) >= 11 is 0. The van der Waals surface area contributed by atoms with Crippen LogP contribution in [0.2, 0.25) is 0 Å². The first-order chi connectivity index (χ1) is 7.52. The molecule has 0 spiro atoms. The van der Waals surface area contributed by atoms with Gasteiger partial charge in [0.1, 0.15) is 0 Å². The van der Waals surface area contributed by atoms with Crippen LogP contribution in [0.15, 0.2) is 0 Å². The van der Waals surface area contributed by atoms with Crippen LogP contribution in [0.25, 0.3) is 0 Å². The SMILES string of the molecule is CCCNC1CCC(S(=O)(=O)C(C)CC)C1. The van der Waals surface area contributed by atoms with Gasteiger partial charge in [0.15, 0.2) is 9.84 Å². The Balaban J connectivity index is 2.52. The standard InChI is InChI=1S/C12H25NO2S/c1-4-8-13-11-6-7-12(9-11)16(14,15)10(3)5-2/h10-13H,4-9H2,1-3H3. The molecule has 16 heavy (non-hydrogen) atoms. The molecule has 3 nitrogen and oxygen atoms in total. The minimum Gasteiger partial charge on any atom is -0.314 e. The largest absolute Gasteiger partial charge is 0.314 e. The minimum absolute atomic E-state index is 0.100. The Kier molecular flexibility index (Phi) is 5.25. The Labute approximate surface area is 99.9 Å². The third kappa shape index (κ3) is 3.20. The maximum absolute atomic E-state index is 12.2. The molecule has 0 heterocycles. The average molecular weight is 247 g/mol. The summed E-state index contributed by atoms with van der Waals surface area (Å²) in [5, 5.41) is 3.15. The molecule has 0 aromatic heterocycles. The zero-order chi connectivity index (χ0) is 12.2. The third-order valence-corrected chi connectivity index (χ3v) is 6.48. The van der Waals surface area contributed by atoms with Gasteiger partial charge in [0, 0.05) is 6.04 Å². The molecule has 0 aromatic rings. The molecule has 1 saturated carbocycles. The molecule has 4 heteroatoms. The minimum atomic E-state index is -2.89. The lowest BCUT2D eigenvalue weighted by Gasteiger charge is -2.17. The summed E-state index contributed by atoms with van der Waals surface area (Å²) in [6, 6.07) is 0.420. The third-order valence-electron chi connectivity index (χ3n) is 3.67. The normalized spacial score (nSPS) is 28.2. The second kappa shape index (κ2) is 6.01. The van der Waals surface area contributed by atoms with E-state index in [4.69, 9.17) is 0 Å². The van der Waals surface area contributed by atoms with Crippen molar-refractivity contribution in [3.8, 4) is 0 Å². The molecule has 0 bridgehead atoms. The molecular weight excluding hydrogens is 222 g/mol. The first kappa shape index (κ1) is 14.0. The number of sulfone groups is 1. The molecule has 0 radical (unpaired) electrons. The highest BCUT2D eigenvalue weighted by molar-refractivity contribution is 7.92. The van der Waals surface area contributed by atoms with Gasteiger partial charge in [-0.3, -0.25) is 0 Å². The predicted molar refractivity (Wildman–Crippen MR) is 68.4 cm³/mol. The summed E-state index contributed by atoms with van der Waals surface area (Å²) in [4.78, 5) is 0. The molecule has 1 N–H and O–H groups in total. The van der Waals surface area contributed by atoms with Crippen LogP contribution in [0, 0.1) is 0 Å². The van der Waals surface area contributed by atoms with Crippen molar-refractivity contribution in [1.82, 2.24) is 5.32 Å². The van der Waals surface area contributed by atoms with Crippen LogP contribution in [0.3, 0.4) is 0 Å². The Morgan fingerprint density at radius 1 is 1.31 bits per heavy atom. The Bertz CT molecular complexity index is 300. The molecule has 0 aromatic carbocycles. The van der Waals surface area contributed by atoms with Gasteiger partial charge in [0.25, 0.3) is 0 Å². The van der Waals surface area contributed by atoms with Gasteiger partial charge >= 0.3 is 0 Å². The summed E-state index contributed by atoms with van der Waals surface area (Å²) in [7, 11) is -2.89. The lowest BCUT2D eigenvalue weighted by Crippen LogP contribution is -2.32. The van der Waals surface area contributed by atoms with Gasteiger partial charge in [-0.1, -0.05) is 13.8 Å². The topological polar surface area (TPSA) is 46.2 Å². The summed E-state index contributed by atoms with van der Waals surface area (Å²) in [6.07, 6.45) is 4.51. The maximum atomic E-state index is 12.2. The first-order valence-electron chi connectivity index (χ1n) is 6.48. The molecule has 3 unspecified atom stereocenters. The molecular formula is C12H25NO2S. The van der Waals surface area contributed by atoms with Crippen molar-refractivity contribution in [2.45, 2.75) is 69.4 Å². The van der Waals surface area contributed by atoms with E-state index in [-0.39, 0.29) is 10.5 Å². The fraction of sp³-hybridized carbons (Fsp3) is 1.00. The van der Waals surface area contributed by atoms with Crippen LogP contribution in [-0.2, 0) is 9.84 Å². The molecule has 1 aliphatic rings. The fourth-order valence-electron chi connectivity index (χ4n) is 2.33. The Hall–Kier alpha value is -0.0900. The average Bonchev–Trinajstić information content (AvgIpc) is 2.74. The van der Waals surface area contributed by atoms with Gasteiger partial charge in [-0.15, -0.1) is 0 Å². The highest BCUT2D eigenvalue weighted by Gasteiger charge is 2.36. The molecule has 3 atom stereocenters. The van der Waals surface area contributed by atoms with Gasteiger partial charge < -0.3 is 5.32 Å². The molecule has 1 rings (SSSR count). The van der Waals surface area contributed by atoms with E-state index in [1.54, 1.807) is 0 Å². The fourth-order valence-corrected chi connectivity index (χ4v) is 4.42. The van der Waals surface area contributed by atoms with Crippen molar-refractivity contribution in [1.29, 1.82) is 0 Å². The van der Waals surface area contributed by atoms with Crippen molar-refractivity contribution >= 4 is 9.84 Å². The number of rotatable bonds is 6. The van der Waals surface area contributed by atoms with Gasteiger partial charge in [-0.05, 0) is 45.6 Å². The van der Waals surface area contributed by atoms with Crippen LogP contribution < -0.4 is 5.32 Å². The highest BCUT2D eigenvalue weighted by Crippen LogP contribution is 2.28. The van der Waals surface area contributed by atoms with E-state index in [1.165, 1.54) is 0 Å². The van der Waals surface area contributed by atoms with Crippen LogP contribution >= 0.6 is 0 Å². The second-order valence-electron chi connectivity index (χ2n) is 4.89. The van der Waals surface area contributed by atoms with E-state index in [2.05, 4.69) is 12.2 Å². The van der Waals surface area contributed by atoms with Crippen LogP contribution in [0.4, 0.5) is 0 Å². The maximum Gasteiger partial charge on any atom is 0.155 e. The number of hydrogen-bond acceptors (Lipinski definition) is 3.